The number of nitrogens with one attached hydrogen (secondary N) is 1. The van der Waals surface area contributed by atoms with Crippen molar-refractivity contribution in [2.75, 3.05) is 29.6 Å². The molecule has 0 aliphatic carbocycles. The molecule has 1 atom stereocenters. The van der Waals surface area contributed by atoms with E-state index in [1.54, 1.807) is 0 Å². The van der Waals surface area contributed by atoms with Gasteiger partial charge < -0.3 is 5.32 Å². The molecule has 0 aromatic rings. The second-order valence-corrected chi connectivity index (χ2v) is 6.40. The third-order valence-corrected chi connectivity index (χ3v) is 5.22. The predicted octanol–water partition coefficient (Wildman–Crippen LogP) is 2.22. The van der Waals surface area contributed by atoms with Gasteiger partial charge in [0.25, 0.3) is 0 Å². The van der Waals surface area contributed by atoms with Gasteiger partial charge in [-0.15, -0.1) is 0 Å². The third kappa shape index (κ3) is 3.37. The Balaban J connectivity index is 1.60. The minimum absolute atomic E-state index is 0.840. The Morgan fingerprint density at radius 3 is 2.46 bits per heavy atom. The van der Waals surface area contributed by atoms with E-state index < -0.39 is 0 Å². The third-order valence-electron chi connectivity index (χ3n) is 2.94. The van der Waals surface area contributed by atoms with Crippen LogP contribution in [0.3, 0.4) is 0 Å². The minimum atomic E-state index is 0.840. The average molecular weight is 217 g/mol. The Morgan fingerprint density at radius 2 is 1.77 bits per heavy atom. The summed E-state index contributed by atoms with van der Waals surface area (Å²) >= 11 is 4.24. The molecule has 2 rings (SSSR count). The van der Waals surface area contributed by atoms with Crippen molar-refractivity contribution in [2.24, 2.45) is 5.92 Å². The van der Waals surface area contributed by atoms with Crippen molar-refractivity contribution in [3.8, 4) is 0 Å². The van der Waals surface area contributed by atoms with Crippen molar-refractivity contribution in [2.45, 2.75) is 25.3 Å². The van der Waals surface area contributed by atoms with Crippen LogP contribution in [0.4, 0.5) is 0 Å². The maximum Gasteiger partial charge on any atom is 0.00828 e. The van der Waals surface area contributed by atoms with E-state index >= 15 is 0 Å². The van der Waals surface area contributed by atoms with Crippen LogP contribution in [0.15, 0.2) is 0 Å². The highest BCUT2D eigenvalue weighted by Crippen LogP contribution is 2.23. The van der Waals surface area contributed by atoms with Crippen molar-refractivity contribution in [1.82, 2.24) is 5.32 Å². The first-order chi connectivity index (χ1) is 6.45. The van der Waals surface area contributed by atoms with Gasteiger partial charge in [-0.2, -0.15) is 23.5 Å². The molecule has 2 fully saturated rings. The maximum atomic E-state index is 3.74. The van der Waals surface area contributed by atoms with Gasteiger partial charge in [0.05, 0.1) is 0 Å². The van der Waals surface area contributed by atoms with Crippen LogP contribution in [-0.2, 0) is 0 Å². The predicted molar refractivity (Wildman–Crippen MR) is 63.8 cm³/mol. The first-order valence-electron chi connectivity index (χ1n) is 5.34. The summed E-state index contributed by atoms with van der Waals surface area (Å²) in [7, 11) is 0. The first kappa shape index (κ1) is 10.2. The summed E-state index contributed by atoms with van der Waals surface area (Å²) in [6.07, 6.45) is 4.23. The molecule has 0 saturated carbocycles. The lowest BCUT2D eigenvalue weighted by molar-refractivity contribution is 0.431. The van der Waals surface area contributed by atoms with Crippen molar-refractivity contribution in [3.63, 3.8) is 0 Å². The van der Waals surface area contributed by atoms with E-state index in [4.69, 9.17) is 0 Å². The van der Waals surface area contributed by atoms with Gasteiger partial charge >= 0.3 is 0 Å². The molecule has 0 aromatic carbocycles. The summed E-state index contributed by atoms with van der Waals surface area (Å²) in [6, 6.07) is 0.840. The fourth-order valence-electron chi connectivity index (χ4n) is 1.98. The van der Waals surface area contributed by atoms with Crippen LogP contribution in [0.5, 0.6) is 0 Å². The topological polar surface area (TPSA) is 12.0 Å². The quantitative estimate of drug-likeness (QED) is 0.778. The minimum Gasteiger partial charge on any atom is -0.314 e. The van der Waals surface area contributed by atoms with Gasteiger partial charge in [0, 0.05) is 6.04 Å². The summed E-state index contributed by atoms with van der Waals surface area (Å²) in [6.45, 7) is 1.28. The lowest BCUT2D eigenvalue weighted by atomic mass is 10.1. The van der Waals surface area contributed by atoms with E-state index in [9.17, 15) is 0 Å². The summed E-state index contributed by atoms with van der Waals surface area (Å²) < 4.78 is 0. The maximum absolute atomic E-state index is 3.74. The van der Waals surface area contributed by atoms with Crippen LogP contribution in [-0.4, -0.2) is 35.6 Å². The SMILES string of the molecule is C1CC(NCC2CCSC2)CCS1. The number of hydrogen-bond donors (Lipinski definition) is 1. The van der Waals surface area contributed by atoms with Gasteiger partial charge in [0.2, 0.25) is 0 Å². The molecule has 0 amide bonds. The molecular weight excluding hydrogens is 198 g/mol. The van der Waals surface area contributed by atoms with Crippen LogP contribution in [0.2, 0.25) is 0 Å². The molecule has 76 valence electrons. The van der Waals surface area contributed by atoms with E-state index in [1.165, 1.54) is 48.8 Å². The van der Waals surface area contributed by atoms with Crippen molar-refractivity contribution in [3.05, 3.63) is 0 Å². The van der Waals surface area contributed by atoms with E-state index in [1.807, 2.05) is 0 Å². The molecule has 2 heterocycles. The van der Waals surface area contributed by atoms with Crippen LogP contribution in [0, 0.1) is 5.92 Å². The normalized spacial score (nSPS) is 30.9. The molecule has 0 radical (unpaired) electrons. The van der Waals surface area contributed by atoms with E-state index in [2.05, 4.69) is 28.8 Å². The van der Waals surface area contributed by atoms with Crippen molar-refractivity contribution in [1.29, 1.82) is 0 Å². The fraction of sp³-hybridized carbons (Fsp3) is 1.00. The molecular formula is C10H19NS2. The second-order valence-electron chi connectivity index (χ2n) is 4.02. The molecule has 2 aliphatic heterocycles. The largest absolute Gasteiger partial charge is 0.314 e. The zero-order valence-electron chi connectivity index (χ0n) is 8.13. The lowest BCUT2D eigenvalue weighted by Crippen LogP contribution is -2.36. The van der Waals surface area contributed by atoms with Crippen LogP contribution >= 0.6 is 23.5 Å². The van der Waals surface area contributed by atoms with Gasteiger partial charge in [0.1, 0.15) is 0 Å². The molecule has 1 N–H and O–H groups in total. The van der Waals surface area contributed by atoms with Crippen LogP contribution in [0.25, 0.3) is 0 Å². The zero-order chi connectivity index (χ0) is 8.93. The fourth-order valence-corrected chi connectivity index (χ4v) is 4.37. The van der Waals surface area contributed by atoms with Gasteiger partial charge in [0.15, 0.2) is 0 Å². The van der Waals surface area contributed by atoms with Gasteiger partial charge in [-0.3, -0.25) is 0 Å². The Bertz CT molecular complexity index is 140. The van der Waals surface area contributed by atoms with Crippen molar-refractivity contribution >= 4 is 23.5 Å². The summed E-state index contributed by atoms with van der Waals surface area (Å²) in [5.41, 5.74) is 0. The van der Waals surface area contributed by atoms with Gasteiger partial charge in [-0.1, -0.05) is 0 Å². The summed E-state index contributed by atoms with van der Waals surface area (Å²) in [5.74, 6) is 6.51. The van der Waals surface area contributed by atoms with Gasteiger partial charge in [-0.05, 0) is 54.7 Å². The second kappa shape index (κ2) is 5.52. The molecule has 1 nitrogen and oxygen atoms in total. The monoisotopic (exact) mass is 217 g/mol. The summed E-state index contributed by atoms with van der Waals surface area (Å²) in [4.78, 5) is 0. The molecule has 2 aliphatic rings. The molecule has 2 saturated heterocycles. The van der Waals surface area contributed by atoms with E-state index in [0.717, 1.165) is 12.0 Å². The zero-order valence-corrected chi connectivity index (χ0v) is 9.76. The molecule has 0 bridgehead atoms. The standard InChI is InChI=1S/C10H19NS2/c1-4-13-8-9(1)7-11-10-2-5-12-6-3-10/h9-11H,1-8H2. The highest BCUT2D eigenvalue weighted by atomic mass is 32.2. The summed E-state index contributed by atoms with van der Waals surface area (Å²) in [5, 5.41) is 3.74. The Hall–Kier alpha value is 0.660. The highest BCUT2D eigenvalue weighted by molar-refractivity contribution is 7.99. The van der Waals surface area contributed by atoms with Crippen LogP contribution < -0.4 is 5.32 Å². The first-order valence-corrected chi connectivity index (χ1v) is 7.65. The number of rotatable bonds is 3. The highest BCUT2D eigenvalue weighted by Gasteiger charge is 2.18. The Morgan fingerprint density at radius 1 is 1.00 bits per heavy atom. The molecule has 1 unspecified atom stereocenters. The Kier molecular flexibility index (Phi) is 4.32. The lowest BCUT2D eigenvalue weighted by Gasteiger charge is -2.24. The van der Waals surface area contributed by atoms with Gasteiger partial charge in [-0.25, -0.2) is 0 Å². The molecule has 3 heteroatoms. The average Bonchev–Trinajstić information content (AvgIpc) is 2.69. The molecule has 0 spiro atoms. The van der Waals surface area contributed by atoms with E-state index in [-0.39, 0.29) is 0 Å². The smallest absolute Gasteiger partial charge is 0.00828 e. The van der Waals surface area contributed by atoms with Crippen LogP contribution in [0.1, 0.15) is 19.3 Å². The number of hydrogen-bond acceptors (Lipinski definition) is 3. The molecule has 13 heavy (non-hydrogen) atoms. The Labute approximate surface area is 89.8 Å². The number of thioether (sulfide) groups is 2. The molecule has 0 aromatic heterocycles. The van der Waals surface area contributed by atoms with Crippen molar-refractivity contribution < 1.29 is 0 Å². The van der Waals surface area contributed by atoms with E-state index in [0.29, 0.717) is 0 Å².